The molecule has 106 valence electrons. The van der Waals surface area contributed by atoms with Crippen LogP contribution in [0.5, 0.6) is 5.75 Å². The number of carbonyl (C=O) groups is 1. The van der Waals surface area contributed by atoms with Crippen molar-refractivity contribution in [3.05, 3.63) is 29.8 Å². The van der Waals surface area contributed by atoms with Crippen molar-refractivity contribution in [1.82, 2.24) is 4.90 Å². The Labute approximate surface area is 110 Å². The predicted octanol–water partition coefficient (Wildman–Crippen LogP) is 2.75. The van der Waals surface area contributed by atoms with Crippen LogP contribution < -0.4 is 4.74 Å². The molecule has 0 saturated heterocycles. The zero-order valence-corrected chi connectivity index (χ0v) is 11.0. The second kappa shape index (κ2) is 6.47. The Morgan fingerprint density at radius 2 is 2.00 bits per heavy atom. The van der Waals surface area contributed by atoms with Gasteiger partial charge in [0.25, 0.3) is 0 Å². The van der Waals surface area contributed by atoms with Gasteiger partial charge in [-0.2, -0.15) is 8.78 Å². The highest BCUT2D eigenvalue weighted by Crippen LogP contribution is 2.25. The number of nitrogens with zero attached hydrogens (tertiary/aromatic N) is 1. The number of hydrogen-bond acceptors (Lipinski definition) is 3. The Morgan fingerprint density at radius 3 is 2.53 bits per heavy atom. The fraction of sp³-hybridized carbons (Fsp3) is 0.462. The zero-order chi connectivity index (χ0) is 14.6. The van der Waals surface area contributed by atoms with E-state index in [0.717, 1.165) is 0 Å². The molecule has 6 heteroatoms. The van der Waals surface area contributed by atoms with Gasteiger partial charge in [-0.05, 0) is 38.6 Å². The lowest BCUT2D eigenvalue weighted by molar-refractivity contribution is -0.142. The number of hydrogen-bond donors (Lipinski definition) is 1. The molecule has 2 unspecified atom stereocenters. The van der Waals surface area contributed by atoms with Crippen LogP contribution in [0.3, 0.4) is 0 Å². The van der Waals surface area contributed by atoms with Gasteiger partial charge >= 0.3 is 12.6 Å². The number of carboxylic acids is 1. The third-order valence-corrected chi connectivity index (χ3v) is 3.14. The van der Waals surface area contributed by atoms with Gasteiger partial charge < -0.3 is 9.84 Å². The van der Waals surface area contributed by atoms with Crippen LogP contribution in [-0.4, -0.2) is 35.7 Å². The van der Waals surface area contributed by atoms with E-state index in [4.69, 9.17) is 5.11 Å². The summed E-state index contributed by atoms with van der Waals surface area (Å²) in [5.74, 6) is -0.870. The van der Waals surface area contributed by atoms with Gasteiger partial charge in [0.2, 0.25) is 0 Å². The lowest BCUT2D eigenvalue weighted by Gasteiger charge is -2.28. The molecule has 1 aromatic rings. The van der Waals surface area contributed by atoms with Crippen LogP contribution in [0.2, 0.25) is 0 Å². The standard InChI is InChI=1S/C13H17F2NO3/c1-8(16(3)9(2)12(17)18)10-5-4-6-11(7-10)19-13(14)15/h4-9,13H,1-3H3,(H,17,18). The summed E-state index contributed by atoms with van der Waals surface area (Å²) in [6.07, 6.45) is 0. The van der Waals surface area contributed by atoms with Gasteiger partial charge in [-0.1, -0.05) is 12.1 Å². The first kappa shape index (κ1) is 15.4. The number of halogens is 2. The topological polar surface area (TPSA) is 49.8 Å². The summed E-state index contributed by atoms with van der Waals surface area (Å²) in [5, 5.41) is 8.96. The van der Waals surface area contributed by atoms with Crippen LogP contribution in [0.1, 0.15) is 25.5 Å². The third kappa shape index (κ3) is 4.17. The number of alkyl halides is 2. The predicted molar refractivity (Wildman–Crippen MR) is 66.3 cm³/mol. The first-order valence-electron chi connectivity index (χ1n) is 5.82. The number of likely N-dealkylation sites (N-methyl/N-ethyl adjacent to an activating group) is 1. The van der Waals surface area contributed by atoms with E-state index in [0.29, 0.717) is 5.56 Å². The summed E-state index contributed by atoms with van der Waals surface area (Å²) in [6, 6.07) is 5.36. The first-order valence-corrected chi connectivity index (χ1v) is 5.82. The normalized spacial score (nSPS) is 14.5. The van der Waals surface area contributed by atoms with Crippen molar-refractivity contribution in [2.45, 2.75) is 32.5 Å². The molecule has 0 heterocycles. The maximum atomic E-state index is 12.1. The molecule has 0 aliphatic rings. The number of ether oxygens (including phenoxy) is 1. The van der Waals surface area contributed by atoms with Crippen molar-refractivity contribution in [1.29, 1.82) is 0 Å². The molecule has 0 aliphatic carbocycles. The summed E-state index contributed by atoms with van der Waals surface area (Å²) < 4.78 is 28.6. The smallest absolute Gasteiger partial charge is 0.387 e. The van der Waals surface area contributed by atoms with Gasteiger partial charge in [-0.15, -0.1) is 0 Å². The average molecular weight is 273 g/mol. The number of rotatable bonds is 6. The molecule has 0 amide bonds. The Morgan fingerprint density at radius 1 is 1.37 bits per heavy atom. The molecule has 0 radical (unpaired) electrons. The van der Waals surface area contributed by atoms with Crippen molar-refractivity contribution in [2.75, 3.05) is 7.05 Å². The highest BCUT2D eigenvalue weighted by atomic mass is 19.3. The van der Waals surface area contributed by atoms with Crippen molar-refractivity contribution in [3.8, 4) is 5.75 Å². The second-order valence-electron chi connectivity index (χ2n) is 4.31. The van der Waals surface area contributed by atoms with Crippen molar-refractivity contribution in [3.63, 3.8) is 0 Å². The second-order valence-corrected chi connectivity index (χ2v) is 4.31. The largest absolute Gasteiger partial charge is 0.480 e. The van der Waals surface area contributed by atoms with E-state index >= 15 is 0 Å². The van der Waals surface area contributed by atoms with Crippen LogP contribution in [-0.2, 0) is 4.79 Å². The van der Waals surface area contributed by atoms with Gasteiger partial charge in [0, 0.05) is 6.04 Å². The molecule has 0 spiro atoms. The number of carboxylic acid groups (broad SMARTS) is 1. The molecule has 1 aromatic carbocycles. The maximum absolute atomic E-state index is 12.1. The summed E-state index contributed by atoms with van der Waals surface area (Å²) in [5.41, 5.74) is 0.716. The molecule has 2 atom stereocenters. The molecule has 0 bridgehead atoms. The Bertz CT molecular complexity index is 440. The minimum absolute atomic E-state index is 0.0655. The first-order chi connectivity index (χ1) is 8.82. The highest BCUT2D eigenvalue weighted by molar-refractivity contribution is 5.72. The van der Waals surface area contributed by atoms with Gasteiger partial charge in [-0.3, -0.25) is 9.69 Å². The summed E-state index contributed by atoms with van der Waals surface area (Å²) >= 11 is 0. The zero-order valence-electron chi connectivity index (χ0n) is 11.0. The monoisotopic (exact) mass is 273 g/mol. The van der Waals surface area contributed by atoms with Gasteiger partial charge in [0.15, 0.2) is 0 Å². The van der Waals surface area contributed by atoms with E-state index in [1.54, 1.807) is 37.9 Å². The van der Waals surface area contributed by atoms with Gasteiger partial charge in [0.1, 0.15) is 11.8 Å². The molecule has 0 aromatic heterocycles. The van der Waals surface area contributed by atoms with Crippen LogP contribution in [0.15, 0.2) is 24.3 Å². The summed E-state index contributed by atoms with van der Waals surface area (Å²) in [6.45, 7) is 0.500. The van der Waals surface area contributed by atoms with E-state index in [9.17, 15) is 13.6 Å². The highest BCUT2D eigenvalue weighted by Gasteiger charge is 2.22. The molecular weight excluding hydrogens is 256 g/mol. The molecule has 0 saturated carbocycles. The van der Waals surface area contributed by atoms with E-state index in [1.165, 1.54) is 12.1 Å². The Balaban J connectivity index is 2.87. The molecule has 1 rings (SSSR count). The van der Waals surface area contributed by atoms with Crippen LogP contribution >= 0.6 is 0 Å². The van der Waals surface area contributed by atoms with E-state index < -0.39 is 18.6 Å². The quantitative estimate of drug-likeness (QED) is 0.865. The van der Waals surface area contributed by atoms with Crippen molar-refractivity contribution < 1.29 is 23.4 Å². The third-order valence-electron chi connectivity index (χ3n) is 3.14. The SMILES string of the molecule is CC(C(=O)O)N(C)C(C)c1cccc(OC(F)F)c1. The number of aliphatic carboxylic acids is 1. The summed E-state index contributed by atoms with van der Waals surface area (Å²) in [7, 11) is 1.67. The van der Waals surface area contributed by atoms with Gasteiger partial charge in [0.05, 0.1) is 0 Å². The van der Waals surface area contributed by atoms with Crippen LogP contribution in [0.25, 0.3) is 0 Å². The molecule has 19 heavy (non-hydrogen) atoms. The minimum atomic E-state index is -2.87. The molecule has 0 fully saturated rings. The van der Waals surface area contributed by atoms with Crippen LogP contribution in [0.4, 0.5) is 8.78 Å². The van der Waals surface area contributed by atoms with E-state index in [-0.39, 0.29) is 11.8 Å². The Kier molecular flexibility index (Phi) is 5.23. The fourth-order valence-electron chi connectivity index (χ4n) is 1.70. The van der Waals surface area contributed by atoms with E-state index in [1.807, 2.05) is 0 Å². The lowest BCUT2D eigenvalue weighted by Crippen LogP contribution is -2.37. The fourth-order valence-corrected chi connectivity index (χ4v) is 1.70. The molecule has 4 nitrogen and oxygen atoms in total. The molecule has 1 N–H and O–H groups in total. The van der Waals surface area contributed by atoms with Gasteiger partial charge in [-0.25, -0.2) is 0 Å². The van der Waals surface area contributed by atoms with Crippen LogP contribution in [0, 0.1) is 0 Å². The number of benzene rings is 1. The van der Waals surface area contributed by atoms with Crippen molar-refractivity contribution >= 4 is 5.97 Å². The van der Waals surface area contributed by atoms with Crippen molar-refractivity contribution in [2.24, 2.45) is 0 Å². The Hall–Kier alpha value is -1.69. The molecule has 0 aliphatic heterocycles. The summed E-state index contributed by atoms with van der Waals surface area (Å²) in [4.78, 5) is 12.6. The average Bonchev–Trinajstić information content (AvgIpc) is 2.35. The molecular formula is C13H17F2NO3. The van der Waals surface area contributed by atoms with E-state index in [2.05, 4.69) is 4.74 Å². The lowest BCUT2D eigenvalue weighted by atomic mass is 10.1. The minimum Gasteiger partial charge on any atom is -0.480 e. The maximum Gasteiger partial charge on any atom is 0.387 e.